The first-order valence-electron chi connectivity index (χ1n) is 11.9. The summed E-state index contributed by atoms with van der Waals surface area (Å²) in [6.07, 6.45) is 4.00. The van der Waals surface area contributed by atoms with E-state index in [1.165, 1.54) is 5.69 Å². The van der Waals surface area contributed by atoms with Gasteiger partial charge in [-0.05, 0) is 74.0 Å². The lowest BCUT2D eigenvalue weighted by molar-refractivity contribution is -0.122. The Morgan fingerprint density at radius 2 is 1.86 bits per heavy atom. The topological polar surface area (TPSA) is 126 Å². The molecule has 0 saturated carbocycles. The van der Waals surface area contributed by atoms with Crippen molar-refractivity contribution in [3.63, 3.8) is 0 Å². The van der Waals surface area contributed by atoms with Crippen LogP contribution >= 0.6 is 0 Å². The first-order chi connectivity index (χ1) is 17.4. The van der Waals surface area contributed by atoms with Gasteiger partial charge in [0.2, 0.25) is 0 Å². The smallest absolute Gasteiger partial charge is 0.290 e. The van der Waals surface area contributed by atoms with Gasteiger partial charge >= 0.3 is 0 Å². The number of hydrogen-bond acceptors (Lipinski definition) is 6. The van der Waals surface area contributed by atoms with E-state index in [9.17, 15) is 9.90 Å². The molecule has 4 aromatic rings. The number of fused-ring (bicyclic) bond motifs is 1. The highest BCUT2D eigenvalue weighted by molar-refractivity contribution is 5.83. The fourth-order valence-corrected chi connectivity index (χ4v) is 4.64. The highest BCUT2D eigenvalue weighted by Gasteiger charge is 2.21. The fourth-order valence-electron chi connectivity index (χ4n) is 4.64. The standard InChI is InChI=1S/C26H29N5O2.CH2O2/c1-30(2)20-8-10-31(11-9-20)21-6-7-23-24(14-21)29-25(28-23)22-13-19(15-27-26(22)33)18-5-3-4-17(12-18)16-32;2-1-3/h3-7,12-15,20,32H,8-11,16H2,1-2H3,(H,27,33)(H,28,29);1H,(H,2,3). The predicted molar refractivity (Wildman–Crippen MR) is 141 cm³/mol. The Morgan fingerprint density at radius 3 is 2.56 bits per heavy atom. The number of aliphatic hydroxyl groups is 1. The van der Waals surface area contributed by atoms with Crippen LogP contribution in [0.25, 0.3) is 33.5 Å². The van der Waals surface area contributed by atoms with E-state index in [0.717, 1.165) is 53.7 Å². The molecule has 36 heavy (non-hydrogen) atoms. The Labute approximate surface area is 209 Å². The molecule has 5 rings (SSSR count). The van der Waals surface area contributed by atoms with Crippen LogP contribution in [0.4, 0.5) is 5.69 Å². The van der Waals surface area contributed by atoms with E-state index < -0.39 is 0 Å². The number of piperidine rings is 1. The highest BCUT2D eigenvalue weighted by Crippen LogP contribution is 2.28. The lowest BCUT2D eigenvalue weighted by atomic mass is 10.0. The number of nitrogens with one attached hydrogen (secondary N) is 2. The normalized spacial score (nSPS) is 14.1. The number of aromatic amines is 2. The summed E-state index contributed by atoms with van der Waals surface area (Å²) in [6.45, 7) is 1.79. The molecule has 0 atom stereocenters. The maximum absolute atomic E-state index is 12.6. The molecular formula is C27H31N5O4. The van der Waals surface area contributed by atoms with Gasteiger partial charge in [-0.3, -0.25) is 9.59 Å². The molecule has 1 aliphatic rings. The fraction of sp³-hybridized carbons (Fsp3) is 0.296. The largest absolute Gasteiger partial charge is 0.483 e. The van der Waals surface area contributed by atoms with Crippen LogP contribution in [0.1, 0.15) is 18.4 Å². The second-order valence-corrected chi connectivity index (χ2v) is 9.06. The van der Waals surface area contributed by atoms with Crippen LogP contribution in [0, 0.1) is 0 Å². The van der Waals surface area contributed by atoms with Gasteiger partial charge in [0.05, 0.1) is 23.2 Å². The summed E-state index contributed by atoms with van der Waals surface area (Å²) < 4.78 is 0. The van der Waals surface area contributed by atoms with Crippen LogP contribution in [0.15, 0.2) is 59.5 Å². The van der Waals surface area contributed by atoms with Crippen molar-refractivity contribution in [2.75, 3.05) is 32.1 Å². The zero-order chi connectivity index (χ0) is 25.7. The summed E-state index contributed by atoms with van der Waals surface area (Å²) in [7, 11) is 4.30. The summed E-state index contributed by atoms with van der Waals surface area (Å²) in [5.74, 6) is 0.551. The molecule has 1 aliphatic heterocycles. The lowest BCUT2D eigenvalue weighted by Gasteiger charge is -2.36. The zero-order valence-corrected chi connectivity index (χ0v) is 20.4. The Balaban J connectivity index is 0.000000967. The molecule has 3 heterocycles. The quantitative estimate of drug-likeness (QED) is 0.317. The predicted octanol–water partition coefficient (Wildman–Crippen LogP) is 3.31. The number of pyridine rings is 1. The van der Waals surface area contributed by atoms with Crippen LogP contribution in [-0.2, 0) is 11.4 Å². The number of anilines is 1. The summed E-state index contributed by atoms with van der Waals surface area (Å²) in [5, 5.41) is 16.3. The van der Waals surface area contributed by atoms with Gasteiger partial charge in [-0.25, -0.2) is 4.98 Å². The van der Waals surface area contributed by atoms with Crippen molar-refractivity contribution in [3.05, 3.63) is 70.6 Å². The number of imidazole rings is 1. The van der Waals surface area contributed by atoms with E-state index in [0.29, 0.717) is 17.4 Å². The molecular weight excluding hydrogens is 458 g/mol. The average Bonchev–Trinajstić information content (AvgIpc) is 3.33. The van der Waals surface area contributed by atoms with Crippen LogP contribution < -0.4 is 10.5 Å². The molecule has 188 valence electrons. The highest BCUT2D eigenvalue weighted by atomic mass is 16.3. The number of carboxylic acid groups (broad SMARTS) is 1. The van der Waals surface area contributed by atoms with E-state index >= 15 is 0 Å². The average molecular weight is 490 g/mol. The first-order valence-corrected chi connectivity index (χ1v) is 11.9. The molecule has 2 aromatic carbocycles. The molecule has 0 amide bonds. The Kier molecular flexibility index (Phi) is 7.82. The minimum atomic E-state index is -0.250. The van der Waals surface area contributed by atoms with Gasteiger partial charge in [-0.1, -0.05) is 18.2 Å². The van der Waals surface area contributed by atoms with Gasteiger partial charge in [0.25, 0.3) is 12.0 Å². The SMILES string of the molecule is CN(C)C1CCN(c2ccc3nc(-c4cc(-c5cccc(CO)c5)c[nH]c4=O)[nH]c3c2)CC1.O=CO. The molecule has 0 bridgehead atoms. The molecule has 0 radical (unpaired) electrons. The monoisotopic (exact) mass is 489 g/mol. The second kappa shape index (κ2) is 11.2. The van der Waals surface area contributed by atoms with Gasteiger partial charge in [0.1, 0.15) is 5.82 Å². The third-order valence-corrected chi connectivity index (χ3v) is 6.63. The maximum Gasteiger partial charge on any atom is 0.290 e. The van der Waals surface area contributed by atoms with Crippen LogP contribution in [-0.4, -0.2) is 69.8 Å². The van der Waals surface area contributed by atoms with Crippen molar-refractivity contribution in [1.29, 1.82) is 0 Å². The number of aromatic nitrogens is 3. The minimum absolute atomic E-state index is 0.0250. The number of aliphatic hydroxyl groups excluding tert-OH is 1. The van der Waals surface area contributed by atoms with E-state index in [1.54, 1.807) is 6.20 Å². The first kappa shape index (κ1) is 25.2. The van der Waals surface area contributed by atoms with Crippen molar-refractivity contribution in [3.8, 4) is 22.5 Å². The molecule has 1 fully saturated rings. The van der Waals surface area contributed by atoms with E-state index in [1.807, 2.05) is 36.4 Å². The number of hydrogen-bond donors (Lipinski definition) is 4. The van der Waals surface area contributed by atoms with Crippen LogP contribution in [0.3, 0.4) is 0 Å². The Morgan fingerprint density at radius 1 is 1.11 bits per heavy atom. The maximum atomic E-state index is 12.6. The van der Waals surface area contributed by atoms with E-state index in [4.69, 9.17) is 14.9 Å². The third-order valence-electron chi connectivity index (χ3n) is 6.63. The molecule has 1 saturated heterocycles. The van der Waals surface area contributed by atoms with E-state index in [2.05, 4.69) is 46.0 Å². The van der Waals surface area contributed by atoms with Crippen LogP contribution in [0.5, 0.6) is 0 Å². The molecule has 9 nitrogen and oxygen atoms in total. The molecule has 0 spiro atoms. The van der Waals surface area contributed by atoms with Crippen molar-refractivity contribution >= 4 is 23.2 Å². The molecule has 0 aliphatic carbocycles. The van der Waals surface area contributed by atoms with Crippen molar-refractivity contribution in [1.82, 2.24) is 19.9 Å². The van der Waals surface area contributed by atoms with Gasteiger partial charge in [-0.15, -0.1) is 0 Å². The summed E-state index contributed by atoms with van der Waals surface area (Å²) in [4.78, 5) is 36.6. The summed E-state index contributed by atoms with van der Waals surface area (Å²) in [6, 6.07) is 16.4. The van der Waals surface area contributed by atoms with Gasteiger partial charge in [0.15, 0.2) is 0 Å². The van der Waals surface area contributed by atoms with Gasteiger partial charge in [0, 0.05) is 31.0 Å². The molecule has 0 unspecified atom stereocenters. The van der Waals surface area contributed by atoms with Crippen molar-refractivity contribution < 1.29 is 15.0 Å². The second-order valence-electron chi connectivity index (χ2n) is 9.06. The Hall–Kier alpha value is -3.95. The number of benzene rings is 2. The van der Waals surface area contributed by atoms with E-state index in [-0.39, 0.29) is 18.6 Å². The number of H-pyrrole nitrogens is 2. The van der Waals surface area contributed by atoms with Crippen LogP contribution in [0.2, 0.25) is 0 Å². The third kappa shape index (κ3) is 5.48. The van der Waals surface area contributed by atoms with Crippen molar-refractivity contribution in [2.45, 2.75) is 25.5 Å². The summed E-state index contributed by atoms with van der Waals surface area (Å²) >= 11 is 0. The summed E-state index contributed by atoms with van der Waals surface area (Å²) in [5.41, 5.74) is 5.86. The van der Waals surface area contributed by atoms with Gasteiger partial charge < -0.3 is 30.0 Å². The molecule has 9 heteroatoms. The molecule has 2 aromatic heterocycles. The number of carbonyl (C=O) groups is 1. The zero-order valence-electron chi connectivity index (χ0n) is 20.4. The minimum Gasteiger partial charge on any atom is -0.483 e. The molecule has 4 N–H and O–H groups in total. The van der Waals surface area contributed by atoms with Crippen molar-refractivity contribution in [2.24, 2.45) is 0 Å². The number of rotatable bonds is 5. The number of nitrogens with zero attached hydrogens (tertiary/aromatic N) is 3. The lowest BCUT2D eigenvalue weighted by Crippen LogP contribution is -2.41. The van der Waals surface area contributed by atoms with Gasteiger partial charge in [-0.2, -0.15) is 0 Å². The Bertz CT molecular complexity index is 1390.